The second kappa shape index (κ2) is 9.85. The highest BCUT2D eigenvalue weighted by molar-refractivity contribution is 6.00. The third-order valence-electron chi connectivity index (χ3n) is 6.08. The fraction of sp³-hybridized carbons (Fsp3) is 0.192. The summed E-state index contributed by atoms with van der Waals surface area (Å²) in [7, 11) is 2.14. The molecule has 1 aliphatic heterocycles. The number of hydrogen-bond donors (Lipinski definition) is 3. The third-order valence-corrected chi connectivity index (χ3v) is 6.08. The minimum atomic E-state index is -0.316. The first-order valence-corrected chi connectivity index (χ1v) is 11.5. The number of nitrogens with one attached hydrogen (secondary N) is 3. The SMILES string of the molecule is C=CC(=O)Nc1cccc(-c2nc(Nc3cccc(N4CCN(C)CC4)c3)nc3n[nH]c(C#N)c23)c1. The molecule has 2 aromatic carbocycles. The van der Waals surface area contributed by atoms with E-state index in [0.29, 0.717) is 33.9 Å². The molecule has 0 atom stereocenters. The molecule has 1 fully saturated rings. The molecule has 3 N–H and O–H groups in total. The number of piperazine rings is 1. The zero-order valence-electron chi connectivity index (χ0n) is 19.8. The predicted octanol–water partition coefficient (Wildman–Crippen LogP) is 3.51. The zero-order valence-corrected chi connectivity index (χ0v) is 19.8. The molecule has 1 aliphatic rings. The smallest absolute Gasteiger partial charge is 0.247 e. The van der Waals surface area contributed by atoms with Gasteiger partial charge in [0, 0.05) is 48.8 Å². The van der Waals surface area contributed by atoms with Gasteiger partial charge in [-0.15, -0.1) is 0 Å². The quantitative estimate of drug-likeness (QED) is 0.359. The highest BCUT2D eigenvalue weighted by atomic mass is 16.1. The molecule has 36 heavy (non-hydrogen) atoms. The van der Waals surface area contributed by atoms with Gasteiger partial charge in [-0.1, -0.05) is 24.8 Å². The Labute approximate surface area is 208 Å². The number of nitriles is 1. The minimum Gasteiger partial charge on any atom is -0.369 e. The Morgan fingerprint density at radius 2 is 1.89 bits per heavy atom. The molecule has 180 valence electrons. The van der Waals surface area contributed by atoms with Gasteiger partial charge in [-0.05, 0) is 43.5 Å². The predicted molar refractivity (Wildman–Crippen MR) is 140 cm³/mol. The molecular weight excluding hydrogens is 454 g/mol. The summed E-state index contributed by atoms with van der Waals surface area (Å²) in [6.45, 7) is 7.47. The van der Waals surface area contributed by atoms with Crippen molar-refractivity contribution in [2.24, 2.45) is 0 Å². The number of carbonyl (C=O) groups excluding carboxylic acids is 1. The van der Waals surface area contributed by atoms with E-state index in [1.165, 1.54) is 6.08 Å². The maximum absolute atomic E-state index is 11.8. The first-order chi connectivity index (χ1) is 17.5. The number of likely N-dealkylation sites (N-methyl/N-ethyl adjacent to an activating group) is 1. The second-order valence-corrected chi connectivity index (χ2v) is 8.54. The maximum Gasteiger partial charge on any atom is 0.247 e. The van der Waals surface area contributed by atoms with Crippen molar-refractivity contribution in [1.29, 1.82) is 5.26 Å². The lowest BCUT2D eigenvalue weighted by Crippen LogP contribution is -2.44. The van der Waals surface area contributed by atoms with E-state index in [2.05, 4.69) is 67.4 Å². The van der Waals surface area contributed by atoms with Crippen molar-refractivity contribution in [1.82, 2.24) is 25.1 Å². The van der Waals surface area contributed by atoms with E-state index in [0.717, 1.165) is 37.6 Å². The molecule has 4 aromatic rings. The Hall–Kier alpha value is -4.75. The number of aromatic amines is 1. The average Bonchev–Trinajstić information content (AvgIpc) is 3.32. The third kappa shape index (κ3) is 4.73. The van der Waals surface area contributed by atoms with Crippen molar-refractivity contribution >= 4 is 40.0 Å². The van der Waals surface area contributed by atoms with Gasteiger partial charge in [0.15, 0.2) is 5.65 Å². The van der Waals surface area contributed by atoms with Gasteiger partial charge in [-0.2, -0.15) is 15.3 Å². The number of nitrogens with zero attached hydrogens (tertiary/aromatic N) is 6. The largest absolute Gasteiger partial charge is 0.369 e. The molecule has 1 amide bonds. The van der Waals surface area contributed by atoms with Crippen molar-refractivity contribution in [2.75, 3.05) is 48.8 Å². The Bertz CT molecular complexity index is 1480. The summed E-state index contributed by atoms with van der Waals surface area (Å²) < 4.78 is 0. The number of rotatable bonds is 6. The number of aromatic nitrogens is 4. The van der Waals surface area contributed by atoms with Gasteiger partial charge in [-0.25, -0.2) is 4.98 Å². The monoisotopic (exact) mass is 479 g/mol. The van der Waals surface area contributed by atoms with Crippen molar-refractivity contribution in [3.8, 4) is 17.3 Å². The van der Waals surface area contributed by atoms with Crippen molar-refractivity contribution < 1.29 is 4.79 Å². The summed E-state index contributed by atoms with van der Waals surface area (Å²) >= 11 is 0. The standard InChI is InChI=1S/C26H25N9O/c1-3-22(36)28-18-7-4-6-17(14-18)24-23-21(16-27)32-33-25(23)31-26(30-24)29-19-8-5-9-20(15-19)35-12-10-34(2)11-13-35/h3-9,14-15H,1,10-13H2,2H3,(H,28,36)(H2,29,30,31,32,33). The molecule has 5 rings (SSSR count). The molecular formula is C26H25N9O. The molecule has 2 aromatic heterocycles. The maximum atomic E-state index is 11.8. The van der Waals surface area contributed by atoms with E-state index in [9.17, 15) is 10.1 Å². The van der Waals surface area contributed by atoms with Gasteiger partial charge >= 0.3 is 0 Å². The number of hydrogen-bond acceptors (Lipinski definition) is 8. The molecule has 0 spiro atoms. The van der Waals surface area contributed by atoms with Crippen LogP contribution in [0.4, 0.5) is 23.0 Å². The number of anilines is 4. The van der Waals surface area contributed by atoms with Crippen molar-refractivity contribution in [3.05, 3.63) is 66.9 Å². The average molecular weight is 480 g/mol. The number of benzene rings is 2. The Balaban J connectivity index is 1.51. The Kier molecular flexibility index (Phi) is 6.30. The molecule has 10 heteroatoms. The van der Waals surface area contributed by atoms with E-state index >= 15 is 0 Å². The first kappa shape index (κ1) is 23.0. The van der Waals surface area contributed by atoms with Crippen LogP contribution < -0.4 is 15.5 Å². The van der Waals surface area contributed by atoms with Crippen LogP contribution in [-0.2, 0) is 4.79 Å². The number of carbonyl (C=O) groups is 1. The number of amides is 1. The summed E-state index contributed by atoms with van der Waals surface area (Å²) in [5, 5.41) is 23.1. The van der Waals surface area contributed by atoms with E-state index in [1.54, 1.807) is 18.2 Å². The van der Waals surface area contributed by atoms with Gasteiger partial charge < -0.3 is 20.4 Å². The highest BCUT2D eigenvalue weighted by Crippen LogP contribution is 2.31. The molecule has 3 heterocycles. The molecule has 0 radical (unpaired) electrons. The minimum absolute atomic E-state index is 0.268. The van der Waals surface area contributed by atoms with E-state index in [4.69, 9.17) is 4.98 Å². The van der Waals surface area contributed by atoms with Crippen LogP contribution in [0.3, 0.4) is 0 Å². The summed E-state index contributed by atoms with van der Waals surface area (Å²) in [5.74, 6) is 0.0353. The van der Waals surface area contributed by atoms with Gasteiger partial charge in [0.1, 0.15) is 11.8 Å². The normalized spacial score (nSPS) is 13.8. The molecule has 1 saturated heterocycles. The summed E-state index contributed by atoms with van der Waals surface area (Å²) in [5.41, 5.74) is 4.43. The lowest BCUT2D eigenvalue weighted by Gasteiger charge is -2.34. The molecule has 0 saturated carbocycles. The van der Waals surface area contributed by atoms with Crippen molar-refractivity contribution in [3.63, 3.8) is 0 Å². The summed E-state index contributed by atoms with van der Waals surface area (Å²) in [6.07, 6.45) is 1.21. The molecule has 0 unspecified atom stereocenters. The summed E-state index contributed by atoms with van der Waals surface area (Å²) in [4.78, 5) is 25.8. The van der Waals surface area contributed by atoms with E-state index < -0.39 is 0 Å². The van der Waals surface area contributed by atoms with Crippen LogP contribution in [0.15, 0.2) is 61.2 Å². The topological polar surface area (TPSA) is 126 Å². The summed E-state index contributed by atoms with van der Waals surface area (Å²) in [6, 6.07) is 17.5. The van der Waals surface area contributed by atoms with E-state index in [-0.39, 0.29) is 11.6 Å². The Morgan fingerprint density at radius 1 is 1.11 bits per heavy atom. The van der Waals surface area contributed by atoms with Crippen molar-refractivity contribution in [2.45, 2.75) is 0 Å². The Morgan fingerprint density at radius 3 is 2.67 bits per heavy atom. The van der Waals surface area contributed by atoms with Crippen LogP contribution in [0, 0.1) is 11.3 Å². The fourth-order valence-corrected chi connectivity index (χ4v) is 4.18. The molecule has 10 nitrogen and oxygen atoms in total. The van der Waals surface area contributed by atoms with Crippen LogP contribution in [0.1, 0.15) is 5.69 Å². The molecule has 0 bridgehead atoms. The van der Waals surface area contributed by atoms with Gasteiger partial charge in [0.25, 0.3) is 0 Å². The van der Waals surface area contributed by atoms with E-state index in [1.807, 2.05) is 18.2 Å². The zero-order chi connectivity index (χ0) is 25.1. The van der Waals surface area contributed by atoms with Gasteiger partial charge in [-0.3, -0.25) is 9.89 Å². The number of fused-ring (bicyclic) bond motifs is 1. The number of H-pyrrole nitrogens is 1. The molecule has 0 aliphatic carbocycles. The van der Waals surface area contributed by atoms with Crippen LogP contribution in [-0.4, -0.2) is 64.2 Å². The van der Waals surface area contributed by atoms with Crippen LogP contribution in [0.25, 0.3) is 22.3 Å². The highest BCUT2D eigenvalue weighted by Gasteiger charge is 2.18. The lowest BCUT2D eigenvalue weighted by atomic mass is 10.1. The second-order valence-electron chi connectivity index (χ2n) is 8.54. The van der Waals surface area contributed by atoms with Crippen LogP contribution in [0.2, 0.25) is 0 Å². The van der Waals surface area contributed by atoms with Crippen LogP contribution >= 0.6 is 0 Å². The first-order valence-electron chi connectivity index (χ1n) is 11.5. The fourth-order valence-electron chi connectivity index (χ4n) is 4.18. The lowest BCUT2D eigenvalue weighted by molar-refractivity contribution is -0.111. The van der Waals surface area contributed by atoms with Crippen LogP contribution in [0.5, 0.6) is 0 Å². The van der Waals surface area contributed by atoms with Gasteiger partial charge in [0.2, 0.25) is 11.9 Å². The van der Waals surface area contributed by atoms with Gasteiger partial charge in [0.05, 0.1) is 11.1 Å².